The van der Waals surface area contributed by atoms with Gasteiger partial charge >= 0.3 is 0 Å². The van der Waals surface area contributed by atoms with E-state index in [0.29, 0.717) is 22.4 Å². The van der Waals surface area contributed by atoms with Crippen molar-refractivity contribution in [2.24, 2.45) is 0 Å². The molecule has 1 nitrogen and oxygen atoms in total. The Hall–Kier alpha value is 0.260. The molecule has 0 aliphatic carbocycles. The fraction of sp³-hybridized carbons (Fsp3) is 0.0909. The fourth-order valence-electron chi connectivity index (χ4n) is 1.19. The van der Waals surface area contributed by atoms with Gasteiger partial charge in [0.05, 0.1) is 14.9 Å². The highest BCUT2D eigenvalue weighted by Crippen LogP contribution is 2.35. The topological polar surface area (TPSA) is 9.23 Å². The lowest BCUT2D eigenvalue weighted by Gasteiger charge is -2.08. The maximum atomic E-state index is 6.06. The Kier molecular flexibility index (Phi) is 4.78. The third kappa shape index (κ3) is 3.38. The summed E-state index contributed by atoms with van der Waals surface area (Å²) in [5.74, 6) is 0.583. The zero-order valence-corrected chi connectivity index (χ0v) is 13.8. The molecule has 0 aliphatic heterocycles. The number of halogens is 4. The summed E-state index contributed by atoms with van der Waals surface area (Å²) in [5, 5.41) is 3.11. The van der Waals surface area contributed by atoms with Crippen LogP contribution in [0, 0.1) is 0 Å². The van der Waals surface area contributed by atoms with Gasteiger partial charge in [-0.05, 0) is 49.4 Å². The van der Waals surface area contributed by atoms with E-state index in [1.165, 1.54) is 0 Å². The van der Waals surface area contributed by atoms with Crippen molar-refractivity contribution in [1.29, 1.82) is 0 Å². The maximum absolute atomic E-state index is 6.06. The standard InChI is InChI=1S/C11H6Br2Cl2OS/c12-6-1-2-17-11(6)5-16-10-4-8(14)7(13)3-9(10)15/h1-4H,5H2. The minimum absolute atomic E-state index is 0.468. The average Bonchev–Trinajstić information content (AvgIpc) is 2.68. The van der Waals surface area contributed by atoms with Crippen LogP contribution in [0.4, 0.5) is 0 Å². The minimum atomic E-state index is 0.468. The Labute approximate surface area is 130 Å². The van der Waals surface area contributed by atoms with Crippen LogP contribution in [-0.4, -0.2) is 0 Å². The molecular weight excluding hydrogens is 411 g/mol. The predicted molar refractivity (Wildman–Crippen MR) is 80.5 cm³/mol. The Bertz CT molecular complexity index is 542. The van der Waals surface area contributed by atoms with Gasteiger partial charge in [0.1, 0.15) is 12.4 Å². The molecule has 0 amide bonds. The van der Waals surface area contributed by atoms with Crippen molar-refractivity contribution < 1.29 is 4.74 Å². The second-order valence-electron chi connectivity index (χ2n) is 3.18. The van der Waals surface area contributed by atoms with Crippen LogP contribution >= 0.6 is 66.4 Å². The summed E-state index contributed by atoms with van der Waals surface area (Å²) >= 11 is 20.4. The van der Waals surface area contributed by atoms with Gasteiger partial charge in [0, 0.05) is 15.0 Å². The van der Waals surface area contributed by atoms with Crippen LogP contribution in [0.1, 0.15) is 4.88 Å². The van der Waals surface area contributed by atoms with Gasteiger partial charge in [-0.1, -0.05) is 23.2 Å². The maximum Gasteiger partial charge on any atom is 0.140 e. The van der Waals surface area contributed by atoms with Gasteiger partial charge in [0.15, 0.2) is 0 Å². The molecule has 1 aromatic heterocycles. The molecule has 0 aliphatic rings. The van der Waals surface area contributed by atoms with E-state index in [-0.39, 0.29) is 0 Å². The van der Waals surface area contributed by atoms with Crippen LogP contribution in [0.2, 0.25) is 10.0 Å². The second-order valence-corrected chi connectivity index (χ2v) is 6.70. The zero-order chi connectivity index (χ0) is 12.4. The molecule has 90 valence electrons. The molecule has 0 saturated heterocycles. The summed E-state index contributed by atoms with van der Waals surface area (Å²) < 4.78 is 7.44. The summed E-state index contributed by atoms with van der Waals surface area (Å²) in [4.78, 5) is 1.11. The number of thiophene rings is 1. The van der Waals surface area contributed by atoms with E-state index in [1.54, 1.807) is 23.5 Å². The smallest absolute Gasteiger partial charge is 0.140 e. The van der Waals surface area contributed by atoms with Crippen molar-refractivity contribution in [3.8, 4) is 5.75 Å². The van der Waals surface area contributed by atoms with Crippen molar-refractivity contribution in [3.05, 3.63) is 47.4 Å². The largest absolute Gasteiger partial charge is 0.486 e. The van der Waals surface area contributed by atoms with Gasteiger partial charge in [0.25, 0.3) is 0 Å². The quantitative estimate of drug-likeness (QED) is 0.544. The lowest BCUT2D eigenvalue weighted by atomic mass is 10.3. The number of hydrogen-bond donors (Lipinski definition) is 0. The van der Waals surface area contributed by atoms with Gasteiger partial charge in [-0.25, -0.2) is 0 Å². The third-order valence-electron chi connectivity index (χ3n) is 2.02. The first-order valence-corrected chi connectivity index (χ1v) is 7.79. The first-order chi connectivity index (χ1) is 8.08. The number of ether oxygens (including phenoxy) is 1. The summed E-state index contributed by atoms with van der Waals surface area (Å²) in [5.41, 5.74) is 0. The van der Waals surface area contributed by atoms with Gasteiger partial charge in [0.2, 0.25) is 0 Å². The first-order valence-electron chi connectivity index (χ1n) is 4.57. The molecular formula is C11H6Br2Cl2OS. The molecule has 0 N–H and O–H groups in total. The van der Waals surface area contributed by atoms with Crippen LogP contribution < -0.4 is 4.74 Å². The molecule has 6 heteroatoms. The Balaban J connectivity index is 2.14. The normalized spacial score (nSPS) is 10.6. The molecule has 0 spiro atoms. The highest BCUT2D eigenvalue weighted by atomic mass is 79.9. The lowest BCUT2D eigenvalue weighted by Crippen LogP contribution is -1.94. The van der Waals surface area contributed by atoms with Crippen molar-refractivity contribution in [3.63, 3.8) is 0 Å². The third-order valence-corrected chi connectivity index (χ3v) is 5.42. The Morgan fingerprint density at radius 2 is 1.88 bits per heavy atom. The summed E-state index contributed by atoms with van der Waals surface area (Å²) in [6.45, 7) is 0.468. The molecule has 0 fully saturated rings. The van der Waals surface area contributed by atoms with E-state index in [4.69, 9.17) is 27.9 Å². The van der Waals surface area contributed by atoms with Crippen molar-refractivity contribution in [2.45, 2.75) is 6.61 Å². The molecule has 17 heavy (non-hydrogen) atoms. The highest BCUT2D eigenvalue weighted by molar-refractivity contribution is 9.10. The lowest BCUT2D eigenvalue weighted by molar-refractivity contribution is 0.309. The van der Waals surface area contributed by atoms with E-state index in [9.17, 15) is 0 Å². The van der Waals surface area contributed by atoms with Gasteiger partial charge in [-0.3, -0.25) is 0 Å². The van der Waals surface area contributed by atoms with Gasteiger partial charge in [-0.2, -0.15) is 0 Å². The summed E-state index contributed by atoms with van der Waals surface area (Å²) in [7, 11) is 0. The number of benzene rings is 1. The minimum Gasteiger partial charge on any atom is -0.486 e. The number of hydrogen-bond acceptors (Lipinski definition) is 2. The van der Waals surface area contributed by atoms with Crippen LogP contribution in [0.25, 0.3) is 0 Å². The molecule has 1 heterocycles. The molecule has 0 bridgehead atoms. The second kappa shape index (κ2) is 5.93. The summed E-state index contributed by atoms with van der Waals surface area (Å²) in [6.07, 6.45) is 0. The summed E-state index contributed by atoms with van der Waals surface area (Å²) in [6, 6.07) is 5.41. The predicted octanol–water partition coefficient (Wildman–Crippen LogP) is 6.16. The first kappa shape index (κ1) is 13.7. The van der Waals surface area contributed by atoms with E-state index in [2.05, 4.69) is 31.9 Å². The van der Waals surface area contributed by atoms with Crippen LogP contribution in [0.3, 0.4) is 0 Å². The molecule has 0 saturated carbocycles. The van der Waals surface area contributed by atoms with E-state index >= 15 is 0 Å². The Morgan fingerprint density at radius 3 is 2.53 bits per heavy atom. The molecule has 2 rings (SSSR count). The SMILES string of the molecule is Clc1cc(OCc2sccc2Br)c(Cl)cc1Br. The number of rotatable bonds is 3. The van der Waals surface area contributed by atoms with E-state index < -0.39 is 0 Å². The van der Waals surface area contributed by atoms with Crippen LogP contribution in [-0.2, 0) is 6.61 Å². The highest BCUT2D eigenvalue weighted by Gasteiger charge is 2.08. The van der Waals surface area contributed by atoms with Crippen molar-refractivity contribution in [2.75, 3.05) is 0 Å². The van der Waals surface area contributed by atoms with Crippen molar-refractivity contribution in [1.82, 2.24) is 0 Å². The Morgan fingerprint density at radius 1 is 1.12 bits per heavy atom. The van der Waals surface area contributed by atoms with Gasteiger partial charge < -0.3 is 4.74 Å². The monoisotopic (exact) mass is 414 g/mol. The van der Waals surface area contributed by atoms with Crippen LogP contribution in [0.5, 0.6) is 5.75 Å². The zero-order valence-electron chi connectivity index (χ0n) is 8.34. The fourth-order valence-corrected chi connectivity index (χ4v) is 3.41. The molecule has 0 radical (unpaired) electrons. The van der Waals surface area contributed by atoms with Crippen LogP contribution in [0.15, 0.2) is 32.5 Å². The average molecular weight is 417 g/mol. The van der Waals surface area contributed by atoms with E-state index in [0.717, 1.165) is 13.8 Å². The molecule has 0 atom stereocenters. The molecule has 2 aromatic rings. The molecule has 0 unspecified atom stereocenters. The van der Waals surface area contributed by atoms with E-state index in [1.807, 2.05) is 11.4 Å². The van der Waals surface area contributed by atoms with Gasteiger partial charge in [-0.15, -0.1) is 11.3 Å². The van der Waals surface area contributed by atoms with Crippen molar-refractivity contribution >= 4 is 66.4 Å². The molecule has 1 aromatic carbocycles.